The van der Waals surface area contributed by atoms with Crippen molar-refractivity contribution in [2.24, 2.45) is 10.7 Å². The summed E-state index contributed by atoms with van der Waals surface area (Å²) in [6.07, 6.45) is 2.23. The molecule has 2 aromatic carbocycles. The quantitative estimate of drug-likeness (QED) is 0.495. The van der Waals surface area contributed by atoms with Crippen LogP contribution in [-0.2, 0) is 6.42 Å². The highest BCUT2D eigenvalue weighted by molar-refractivity contribution is 6.30. The third-order valence-electron chi connectivity index (χ3n) is 5.08. The Bertz CT molecular complexity index is 995. The van der Waals surface area contributed by atoms with Gasteiger partial charge in [0, 0.05) is 55.4 Å². The summed E-state index contributed by atoms with van der Waals surface area (Å²) in [5, 5.41) is 0.741. The highest BCUT2D eigenvalue weighted by atomic mass is 35.5. The second kappa shape index (κ2) is 9.17. The zero-order chi connectivity index (χ0) is 20.9. The number of oxazole rings is 1. The van der Waals surface area contributed by atoms with Crippen LogP contribution in [0.25, 0.3) is 11.5 Å². The molecule has 0 atom stereocenters. The van der Waals surface area contributed by atoms with Gasteiger partial charge in [-0.25, -0.2) is 9.37 Å². The van der Waals surface area contributed by atoms with Gasteiger partial charge >= 0.3 is 0 Å². The van der Waals surface area contributed by atoms with E-state index < -0.39 is 0 Å². The van der Waals surface area contributed by atoms with Gasteiger partial charge in [0.2, 0.25) is 5.89 Å². The zero-order valence-electron chi connectivity index (χ0n) is 16.5. The molecule has 30 heavy (non-hydrogen) atoms. The lowest BCUT2D eigenvalue weighted by atomic mass is 10.2. The Hall–Kier alpha value is -3.06. The predicted octanol–water partition coefficient (Wildman–Crippen LogP) is 3.81. The van der Waals surface area contributed by atoms with Crippen molar-refractivity contribution in [2.75, 3.05) is 37.6 Å². The molecule has 0 aliphatic carbocycles. The van der Waals surface area contributed by atoms with E-state index in [9.17, 15) is 4.39 Å². The van der Waals surface area contributed by atoms with Crippen molar-refractivity contribution in [1.29, 1.82) is 0 Å². The second-order valence-corrected chi connectivity index (χ2v) is 7.53. The van der Waals surface area contributed by atoms with Crippen molar-refractivity contribution >= 4 is 23.2 Å². The molecule has 0 saturated carbocycles. The van der Waals surface area contributed by atoms with Crippen molar-refractivity contribution in [3.05, 3.63) is 71.3 Å². The summed E-state index contributed by atoms with van der Waals surface area (Å²) in [5.41, 5.74) is 8.88. The molecule has 6 nitrogen and oxygen atoms in total. The van der Waals surface area contributed by atoms with Gasteiger partial charge in [-0.3, -0.25) is 4.99 Å². The van der Waals surface area contributed by atoms with Gasteiger partial charge < -0.3 is 20.0 Å². The molecule has 1 aromatic heterocycles. The molecule has 0 spiro atoms. The van der Waals surface area contributed by atoms with Gasteiger partial charge in [-0.05, 0) is 48.5 Å². The highest BCUT2D eigenvalue weighted by Crippen LogP contribution is 2.20. The predicted molar refractivity (Wildman–Crippen MR) is 117 cm³/mol. The molecule has 3 aromatic rings. The lowest BCUT2D eigenvalue weighted by Crippen LogP contribution is -2.51. The Balaban J connectivity index is 1.27. The highest BCUT2D eigenvalue weighted by Gasteiger charge is 2.18. The van der Waals surface area contributed by atoms with Crippen LogP contribution < -0.4 is 10.6 Å². The van der Waals surface area contributed by atoms with Crippen molar-refractivity contribution in [3.63, 3.8) is 0 Å². The Labute approximate surface area is 179 Å². The van der Waals surface area contributed by atoms with Crippen molar-refractivity contribution in [3.8, 4) is 11.5 Å². The number of halogens is 2. The Kier molecular flexibility index (Phi) is 6.18. The van der Waals surface area contributed by atoms with Gasteiger partial charge in [-0.1, -0.05) is 11.6 Å². The topological polar surface area (TPSA) is 70.9 Å². The summed E-state index contributed by atoms with van der Waals surface area (Å²) in [7, 11) is 0. The minimum absolute atomic E-state index is 0.288. The first-order chi connectivity index (χ1) is 14.6. The summed E-state index contributed by atoms with van der Waals surface area (Å²) in [4.78, 5) is 13.3. The molecule has 156 valence electrons. The van der Waals surface area contributed by atoms with Crippen LogP contribution in [0, 0.1) is 5.82 Å². The lowest BCUT2D eigenvalue weighted by Gasteiger charge is -2.36. The average molecular weight is 428 g/mol. The molecule has 1 aliphatic rings. The first-order valence-corrected chi connectivity index (χ1v) is 10.2. The fraction of sp³-hybridized carbons (Fsp3) is 0.273. The smallest absolute Gasteiger partial charge is 0.226 e. The molecular formula is C22H23ClFN5O. The van der Waals surface area contributed by atoms with Crippen LogP contribution >= 0.6 is 11.6 Å². The minimum atomic E-state index is -0.288. The zero-order valence-corrected chi connectivity index (χ0v) is 17.2. The lowest BCUT2D eigenvalue weighted by molar-refractivity contribution is 0.381. The molecule has 4 rings (SSSR count). The van der Waals surface area contributed by atoms with Crippen molar-refractivity contribution in [1.82, 2.24) is 9.88 Å². The monoisotopic (exact) mass is 427 g/mol. The van der Waals surface area contributed by atoms with E-state index in [1.165, 1.54) is 12.1 Å². The van der Waals surface area contributed by atoms with E-state index in [2.05, 4.69) is 19.8 Å². The van der Waals surface area contributed by atoms with Gasteiger partial charge in [0.25, 0.3) is 0 Å². The standard InChI is InChI=1S/C22H23ClFN5O/c23-17-3-7-20(8-4-17)28-11-13-29(14-12-28)22(25)26-10-9-19-15-30-21(27-19)16-1-5-18(24)6-2-16/h1-8,15H,9-14H2,(H2,25,26). The number of aliphatic imine (C=N–C) groups is 1. The molecule has 0 bridgehead atoms. The number of nitrogens with zero attached hydrogens (tertiary/aromatic N) is 4. The third kappa shape index (κ3) is 4.91. The SMILES string of the molecule is NC(=NCCc1coc(-c2ccc(F)cc2)n1)N1CCN(c2ccc(Cl)cc2)CC1. The number of anilines is 1. The van der Waals surface area contributed by atoms with Gasteiger partial charge in [-0.15, -0.1) is 0 Å². The molecule has 2 heterocycles. The van der Waals surface area contributed by atoms with Crippen LogP contribution in [0.2, 0.25) is 5.02 Å². The number of hydrogen-bond donors (Lipinski definition) is 1. The molecule has 8 heteroatoms. The normalized spacial score (nSPS) is 14.9. The van der Waals surface area contributed by atoms with Gasteiger partial charge in [-0.2, -0.15) is 0 Å². The number of aromatic nitrogens is 1. The Morgan fingerprint density at radius 2 is 1.77 bits per heavy atom. The molecule has 2 N–H and O–H groups in total. The second-order valence-electron chi connectivity index (χ2n) is 7.09. The average Bonchev–Trinajstić information content (AvgIpc) is 3.24. The van der Waals surface area contributed by atoms with Crippen LogP contribution in [0.3, 0.4) is 0 Å². The number of nitrogens with two attached hydrogens (primary N) is 1. The number of benzene rings is 2. The van der Waals surface area contributed by atoms with Crippen LogP contribution in [-0.4, -0.2) is 48.6 Å². The molecule has 0 unspecified atom stereocenters. The summed E-state index contributed by atoms with van der Waals surface area (Å²) in [6.45, 7) is 3.91. The van der Waals surface area contributed by atoms with E-state index >= 15 is 0 Å². The summed E-state index contributed by atoms with van der Waals surface area (Å²) in [6, 6.07) is 13.9. The number of rotatable bonds is 5. The largest absolute Gasteiger partial charge is 0.444 e. The van der Waals surface area contributed by atoms with Crippen molar-refractivity contribution in [2.45, 2.75) is 6.42 Å². The van der Waals surface area contributed by atoms with E-state index in [1.54, 1.807) is 18.4 Å². The van der Waals surface area contributed by atoms with Crippen LogP contribution in [0.4, 0.5) is 10.1 Å². The maximum atomic E-state index is 13.0. The minimum Gasteiger partial charge on any atom is -0.444 e. The van der Waals surface area contributed by atoms with Crippen LogP contribution in [0.15, 0.2) is 64.2 Å². The molecule has 0 radical (unpaired) electrons. The van der Waals surface area contributed by atoms with Gasteiger partial charge in [0.15, 0.2) is 5.96 Å². The number of hydrogen-bond acceptors (Lipinski definition) is 4. The molecule has 1 fully saturated rings. The third-order valence-corrected chi connectivity index (χ3v) is 5.33. The van der Waals surface area contributed by atoms with E-state index in [0.29, 0.717) is 24.8 Å². The van der Waals surface area contributed by atoms with Gasteiger partial charge in [0.05, 0.1) is 5.69 Å². The molecule has 1 aliphatic heterocycles. The Morgan fingerprint density at radius 1 is 1.07 bits per heavy atom. The summed E-state index contributed by atoms with van der Waals surface area (Å²) < 4.78 is 18.5. The number of piperazine rings is 1. The maximum Gasteiger partial charge on any atom is 0.226 e. The number of guanidine groups is 1. The van der Waals surface area contributed by atoms with Crippen LogP contribution in [0.5, 0.6) is 0 Å². The first-order valence-electron chi connectivity index (χ1n) is 9.84. The van der Waals surface area contributed by atoms with E-state index in [4.69, 9.17) is 21.8 Å². The van der Waals surface area contributed by atoms with Crippen molar-refractivity contribution < 1.29 is 8.81 Å². The van der Waals surface area contributed by atoms with Gasteiger partial charge in [0.1, 0.15) is 12.1 Å². The fourth-order valence-electron chi connectivity index (χ4n) is 3.38. The molecule has 1 saturated heterocycles. The van der Waals surface area contributed by atoms with E-state index in [1.807, 2.05) is 24.3 Å². The molecular weight excluding hydrogens is 405 g/mol. The van der Waals surface area contributed by atoms with E-state index in [0.717, 1.165) is 48.1 Å². The summed E-state index contributed by atoms with van der Waals surface area (Å²) >= 11 is 5.96. The van der Waals surface area contributed by atoms with Crippen LogP contribution in [0.1, 0.15) is 5.69 Å². The van der Waals surface area contributed by atoms with E-state index in [-0.39, 0.29) is 5.82 Å². The summed E-state index contributed by atoms with van der Waals surface area (Å²) in [5.74, 6) is 0.734. The first kappa shape index (κ1) is 20.2. The Morgan fingerprint density at radius 3 is 2.47 bits per heavy atom. The maximum absolute atomic E-state index is 13.0. The molecule has 0 amide bonds. The fourth-order valence-corrected chi connectivity index (χ4v) is 3.50.